The van der Waals surface area contributed by atoms with Gasteiger partial charge in [-0.2, -0.15) is 0 Å². The van der Waals surface area contributed by atoms with Crippen molar-refractivity contribution in [1.29, 1.82) is 0 Å². The molecule has 2 amide bonds. The van der Waals surface area contributed by atoms with Gasteiger partial charge in [0, 0.05) is 18.6 Å². The van der Waals surface area contributed by atoms with Crippen LogP contribution in [-0.2, 0) is 19.2 Å². The van der Waals surface area contributed by atoms with Gasteiger partial charge in [0.15, 0.2) is 0 Å². The number of carbonyl (C=O) groups is 3. The maximum Gasteiger partial charge on any atom is 0.334 e. The van der Waals surface area contributed by atoms with Gasteiger partial charge in [0.05, 0.1) is 6.42 Å². The molecular formula is C12H14N2O4S2. The Morgan fingerprint density at radius 2 is 2.05 bits per heavy atom. The van der Waals surface area contributed by atoms with Crippen molar-refractivity contribution in [2.75, 3.05) is 5.75 Å². The lowest BCUT2D eigenvalue weighted by molar-refractivity contribution is -0.197. The Hall–Kier alpha value is -1.54. The topological polar surface area (TPSA) is 76.0 Å². The van der Waals surface area contributed by atoms with E-state index >= 15 is 0 Å². The smallest absolute Gasteiger partial charge is 0.330 e. The third-order valence-corrected chi connectivity index (χ3v) is 4.44. The summed E-state index contributed by atoms with van der Waals surface area (Å²) in [6.07, 6.45) is 3.57. The highest BCUT2D eigenvalue weighted by molar-refractivity contribution is 8.78. The van der Waals surface area contributed by atoms with Gasteiger partial charge >= 0.3 is 5.97 Å². The Balaban J connectivity index is 2.25. The number of allylic oxidation sites excluding steroid dienone is 2. The molecule has 0 spiro atoms. The van der Waals surface area contributed by atoms with Crippen LogP contribution in [0.2, 0.25) is 0 Å². The number of aliphatic imine (C=N–C) groups is 1. The van der Waals surface area contributed by atoms with E-state index in [0.717, 1.165) is 0 Å². The van der Waals surface area contributed by atoms with Crippen LogP contribution in [0.15, 0.2) is 28.8 Å². The Morgan fingerprint density at radius 3 is 2.60 bits per heavy atom. The first-order valence-electron chi connectivity index (χ1n) is 5.74. The molecular weight excluding hydrogens is 300 g/mol. The molecule has 0 unspecified atom stereocenters. The zero-order chi connectivity index (χ0) is 15.0. The van der Waals surface area contributed by atoms with Crippen molar-refractivity contribution in [3.63, 3.8) is 0 Å². The van der Waals surface area contributed by atoms with Crippen molar-refractivity contribution in [2.45, 2.75) is 19.3 Å². The number of carbonyl (C=O) groups excluding carboxylic acids is 3. The highest BCUT2D eigenvalue weighted by atomic mass is 33.1. The summed E-state index contributed by atoms with van der Waals surface area (Å²) in [6.45, 7) is 6.95. The summed E-state index contributed by atoms with van der Waals surface area (Å²) in [5, 5.41) is 1.23. The molecule has 0 aromatic rings. The highest BCUT2D eigenvalue weighted by Crippen LogP contribution is 2.31. The zero-order valence-electron chi connectivity index (χ0n) is 10.7. The predicted molar refractivity (Wildman–Crippen MR) is 79.7 cm³/mol. The molecule has 0 bridgehead atoms. The molecule has 1 heterocycles. The minimum atomic E-state index is -0.609. The monoisotopic (exact) mass is 314 g/mol. The summed E-state index contributed by atoms with van der Waals surface area (Å²) in [7, 11) is 2.75. The van der Waals surface area contributed by atoms with Crippen LogP contribution in [0, 0.1) is 0 Å². The van der Waals surface area contributed by atoms with Gasteiger partial charge in [0.1, 0.15) is 5.03 Å². The van der Waals surface area contributed by atoms with Crippen molar-refractivity contribution in [3.8, 4) is 0 Å². The maximum atomic E-state index is 11.5. The molecule has 20 heavy (non-hydrogen) atoms. The number of hydrogen-bond acceptors (Lipinski definition) is 7. The summed E-state index contributed by atoms with van der Waals surface area (Å²) >= 11 is 0. The van der Waals surface area contributed by atoms with Gasteiger partial charge in [-0.05, 0) is 23.6 Å². The molecule has 108 valence electrons. The van der Waals surface area contributed by atoms with Crippen LogP contribution in [-0.4, -0.2) is 35.3 Å². The van der Waals surface area contributed by atoms with Crippen LogP contribution in [0.3, 0.4) is 0 Å². The molecule has 0 radical (unpaired) electrons. The molecule has 0 saturated carbocycles. The molecule has 1 aliphatic rings. The summed E-state index contributed by atoms with van der Waals surface area (Å²) in [5.41, 5.74) is 0. The van der Waals surface area contributed by atoms with E-state index in [2.05, 4.69) is 18.3 Å². The second kappa shape index (κ2) is 8.60. The first-order chi connectivity index (χ1) is 9.58. The van der Waals surface area contributed by atoms with Crippen LogP contribution >= 0.6 is 21.6 Å². The third-order valence-electron chi connectivity index (χ3n) is 2.15. The Bertz CT molecular complexity index is 446. The second-order valence-electron chi connectivity index (χ2n) is 3.60. The highest BCUT2D eigenvalue weighted by Gasteiger charge is 2.32. The molecule has 1 aliphatic heterocycles. The molecule has 0 aromatic carbocycles. The average Bonchev–Trinajstić information content (AvgIpc) is 2.74. The van der Waals surface area contributed by atoms with E-state index in [-0.39, 0.29) is 19.3 Å². The zero-order valence-corrected chi connectivity index (χ0v) is 12.4. The number of imide groups is 1. The van der Waals surface area contributed by atoms with Crippen molar-refractivity contribution in [2.24, 2.45) is 4.99 Å². The van der Waals surface area contributed by atoms with Crippen LogP contribution < -0.4 is 0 Å². The van der Waals surface area contributed by atoms with Crippen LogP contribution in [0.25, 0.3) is 0 Å². The van der Waals surface area contributed by atoms with E-state index < -0.39 is 17.8 Å². The lowest BCUT2D eigenvalue weighted by Gasteiger charge is -2.12. The van der Waals surface area contributed by atoms with Crippen LogP contribution in [0.5, 0.6) is 0 Å². The molecule has 8 heteroatoms. The van der Waals surface area contributed by atoms with Crippen molar-refractivity contribution < 1.29 is 19.2 Å². The summed E-state index contributed by atoms with van der Waals surface area (Å²) in [6, 6.07) is 0. The standard InChI is InChI=1S/C12H14N2O4S2/c1-3-4-9(13-2)20-19-8-7-12(17)18-14-10(15)5-6-11(14)16/h3-4H,1-2,5-8H2/b9-4+. The first-order valence-corrected chi connectivity index (χ1v) is 8.06. The Kier molecular flexibility index (Phi) is 7.10. The van der Waals surface area contributed by atoms with Gasteiger partial charge in [0.2, 0.25) is 0 Å². The number of nitrogens with zero attached hydrogens (tertiary/aromatic N) is 2. The predicted octanol–water partition coefficient (Wildman–Crippen LogP) is 2.09. The molecule has 0 atom stereocenters. The minimum absolute atomic E-state index is 0.0905. The molecule has 1 rings (SSSR count). The molecule has 1 saturated heterocycles. The minimum Gasteiger partial charge on any atom is -0.330 e. The largest absolute Gasteiger partial charge is 0.334 e. The van der Waals surface area contributed by atoms with E-state index in [4.69, 9.17) is 4.84 Å². The number of hydroxylamine groups is 2. The van der Waals surface area contributed by atoms with Gasteiger partial charge in [-0.3, -0.25) is 14.6 Å². The van der Waals surface area contributed by atoms with E-state index in [1.165, 1.54) is 21.6 Å². The fraction of sp³-hybridized carbons (Fsp3) is 0.333. The van der Waals surface area contributed by atoms with E-state index in [1.807, 2.05) is 0 Å². The van der Waals surface area contributed by atoms with Gasteiger partial charge in [-0.1, -0.05) is 23.4 Å². The number of hydrogen-bond donors (Lipinski definition) is 0. The van der Waals surface area contributed by atoms with Crippen LogP contribution in [0.1, 0.15) is 19.3 Å². The van der Waals surface area contributed by atoms with E-state index in [0.29, 0.717) is 15.8 Å². The average molecular weight is 314 g/mol. The van der Waals surface area contributed by atoms with Crippen molar-refractivity contribution in [1.82, 2.24) is 5.06 Å². The van der Waals surface area contributed by atoms with E-state index in [9.17, 15) is 14.4 Å². The fourth-order valence-electron chi connectivity index (χ4n) is 1.24. The van der Waals surface area contributed by atoms with Crippen molar-refractivity contribution in [3.05, 3.63) is 23.8 Å². The summed E-state index contributed by atoms with van der Waals surface area (Å²) in [5.74, 6) is -1.10. The Morgan fingerprint density at radius 1 is 1.40 bits per heavy atom. The molecule has 0 aliphatic carbocycles. The van der Waals surface area contributed by atoms with Crippen molar-refractivity contribution >= 4 is 46.1 Å². The summed E-state index contributed by atoms with van der Waals surface area (Å²) < 4.78 is 0. The molecule has 0 N–H and O–H groups in total. The lowest BCUT2D eigenvalue weighted by atomic mass is 10.4. The van der Waals surface area contributed by atoms with Crippen LogP contribution in [0.4, 0.5) is 0 Å². The SMILES string of the molecule is C=C/C=C(\N=C)SSCCC(=O)ON1C(=O)CCC1=O. The number of rotatable bonds is 8. The molecule has 0 aromatic heterocycles. The third kappa shape index (κ3) is 5.22. The van der Waals surface area contributed by atoms with Gasteiger partial charge in [-0.25, -0.2) is 4.79 Å². The Labute approximate surface area is 124 Å². The molecule has 6 nitrogen and oxygen atoms in total. The fourth-order valence-corrected chi connectivity index (χ4v) is 3.09. The maximum absolute atomic E-state index is 11.5. The van der Waals surface area contributed by atoms with Gasteiger partial charge in [0.25, 0.3) is 11.8 Å². The first kappa shape index (κ1) is 16.5. The quantitative estimate of drug-likeness (QED) is 0.224. The second-order valence-corrected chi connectivity index (χ2v) is 6.04. The van der Waals surface area contributed by atoms with Gasteiger partial charge in [-0.15, -0.1) is 5.06 Å². The normalized spacial score (nSPS) is 15.4. The van der Waals surface area contributed by atoms with E-state index in [1.54, 1.807) is 12.2 Å². The number of amides is 2. The summed E-state index contributed by atoms with van der Waals surface area (Å²) in [4.78, 5) is 42.4. The van der Waals surface area contributed by atoms with Gasteiger partial charge < -0.3 is 4.84 Å². The lowest BCUT2D eigenvalue weighted by Crippen LogP contribution is -2.32. The molecule has 1 fully saturated rings.